The zero-order chi connectivity index (χ0) is 15.2. The average Bonchev–Trinajstić information content (AvgIpc) is 2.66. The Morgan fingerprint density at radius 3 is 2.62 bits per heavy atom. The van der Waals surface area contributed by atoms with E-state index >= 15 is 0 Å². The van der Waals surface area contributed by atoms with Crippen LogP contribution in [0.4, 0.5) is 0 Å². The van der Waals surface area contributed by atoms with E-state index in [0.717, 1.165) is 45.2 Å². The van der Waals surface area contributed by atoms with E-state index in [-0.39, 0.29) is 5.91 Å². The Hall–Kier alpha value is -0.650. The summed E-state index contributed by atoms with van der Waals surface area (Å²) in [6, 6.07) is 0. The number of nitrogens with zero attached hydrogens (tertiary/aromatic N) is 3. The second-order valence-corrected chi connectivity index (χ2v) is 7.00. The van der Waals surface area contributed by atoms with Crippen LogP contribution in [0.15, 0.2) is 0 Å². The Morgan fingerprint density at radius 2 is 1.95 bits per heavy atom. The van der Waals surface area contributed by atoms with Crippen molar-refractivity contribution in [2.24, 2.45) is 11.8 Å². The zero-order valence-electron chi connectivity index (χ0n) is 13.9. The first-order chi connectivity index (χ1) is 10.0. The van der Waals surface area contributed by atoms with Gasteiger partial charge in [-0.1, -0.05) is 6.92 Å². The summed E-state index contributed by atoms with van der Waals surface area (Å²) in [6.45, 7) is 9.02. The van der Waals surface area contributed by atoms with Crippen LogP contribution in [0.5, 0.6) is 0 Å². The van der Waals surface area contributed by atoms with Crippen molar-refractivity contribution in [2.75, 3.05) is 66.6 Å². The van der Waals surface area contributed by atoms with Gasteiger partial charge in [0.25, 0.3) is 0 Å². The maximum atomic E-state index is 12.5. The van der Waals surface area contributed by atoms with Crippen LogP contribution >= 0.6 is 0 Å². The molecule has 0 saturated carbocycles. The van der Waals surface area contributed by atoms with Crippen LogP contribution in [0.2, 0.25) is 0 Å². The number of carbonyl (C=O) groups is 1. The van der Waals surface area contributed by atoms with Crippen molar-refractivity contribution < 1.29 is 9.53 Å². The third-order valence-corrected chi connectivity index (χ3v) is 4.55. The summed E-state index contributed by atoms with van der Waals surface area (Å²) in [5.74, 6) is 1.51. The minimum Gasteiger partial charge on any atom is -0.379 e. The van der Waals surface area contributed by atoms with E-state index in [4.69, 9.17) is 4.74 Å². The zero-order valence-corrected chi connectivity index (χ0v) is 13.9. The van der Waals surface area contributed by atoms with Crippen molar-refractivity contribution >= 4 is 5.91 Å². The van der Waals surface area contributed by atoms with Gasteiger partial charge in [-0.05, 0) is 45.9 Å². The minimum atomic E-state index is 0.277. The van der Waals surface area contributed by atoms with Gasteiger partial charge in [-0.2, -0.15) is 0 Å². The molecule has 0 aromatic rings. The Bertz CT molecular complexity index is 327. The number of rotatable bonds is 4. The Labute approximate surface area is 129 Å². The van der Waals surface area contributed by atoms with Gasteiger partial charge in [-0.25, -0.2) is 0 Å². The number of carbonyl (C=O) groups excluding carboxylic acids is 1. The third kappa shape index (κ3) is 5.57. The van der Waals surface area contributed by atoms with Crippen LogP contribution in [0.1, 0.15) is 19.8 Å². The van der Waals surface area contributed by atoms with Crippen LogP contribution in [-0.4, -0.2) is 87.2 Å². The minimum absolute atomic E-state index is 0.277. The Kier molecular flexibility index (Phi) is 6.45. The number of likely N-dealkylation sites (tertiary alicyclic amines) is 1. The van der Waals surface area contributed by atoms with Crippen molar-refractivity contribution in [3.8, 4) is 0 Å². The molecule has 0 aromatic carbocycles. The number of hydrogen-bond acceptors (Lipinski definition) is 4. The quantitative estimate of drug-likeness (QED) is 0.767. The van der Waals surface area contributed by atoms with E-state index in [1.807, 2.05) is 4.90 Å². The molecule has 1 atom stereocenters. The van der Waals surface area contributed by atoms with Crippen LogP contribution < -0.4 is 0 Å². The number of piperidine rings is 1. The molecule has 2 heterocycles. The lowest BCUT2D eigenvalue weighted by Crippen LogP contribution is -2.45. The summed E-state index contributed by atoms with van der Waals surface area (Å²) < 4.78 is 5.66. The fourth-order valence-corrected chi connectivity index (χ4v) is 3.25. The molecular weight excluding hydrogens is 266 g/mol. The van der Waals surface area contributed by atoms with Crippen LogP contribution in [0.3, 0.4) is 0 Å². The topological polar surface area (TPSA) is 36.0 Å². The van der Waals surface area contributed by atoms with E-state index < -0.39 is 0 Å². The molecule has 2 saturated heterocycles. The predicted molar refractivity (Wildman–Crippen MR) is 84.3 cm³/mol. The van der Waals surface area contributed by atoms with Crippen LogP contribution in [-0.2, 0) is 9.53 Å². The Morgan fingerprint density at radius 1 is 1.24 bits per heavy atom. The maximum absolute atomic E-state index is 12.5. The molecule has 0 spiro atoms. The summed E-state index contributed by atoms with van der Waals surface area (Å²) in [4.78, 5) is 19.0. The van der Waals surface area contributed by atoms with Gasteiger partial charge >= 0.3 is 0 Å². The SMILES string of the molecule is CC1CCN(CC(=O)N2CCOC[C@H](CN(C)C)C2)CC1. The highest BCUT2D eigenvalue weighted by atomic mass is 16.5. The molecule has 2 rings (SSSR count). The molecule has 0 unspecified atom stereocenters. The highest BCUT2D eigenvalue weighted by Gasteiger charge is 2.25. The highest BCUT2D eigenvalue weighted by molar-refractivity contribution is 5.78. The van der Waals surface area contributed by atoms with E-state index in [0.29, 0.717) is 19.1 Å². The third-order valence-electron chi connectivity index (χ3n) is 4.55. The van der Waals surface area contributed by atoms with E-state index in [9.17, 15) is 4.79 Å². The summed E-state index contributed by atoms with van der Waals surface area (Å²) in [5.41, 5.74) is 0. The first-order valence-corrected chi connectivity index (χ1v) is 8.27. The number of hydrogen-bond donors (Lipinski definition) is 0. The molecule has 0 aromatic heterocycles. The van der Waals surface area contributed by atoms with Crippen LogP contribution in [0, 0.1) is 11.8 Å². The van der Waals surface area contributed by atoms with Gasteiger partial charge in [0.15, 0.2) is 0 Å². The van der Waals surface area contributed by atoms with Crippen molar-refractivity contribution in [3.05, 3.63) is 0 Å². The van der Waals surface area contributed by atoms with Crippen molar-refractivity contribution in [3.63, 3.8) is 0 Å². The summed E-state index contributed by atoms with van der Waals surface area (Å²) in [5, 5.41) is 0. The fraction of sp³-hybridized carbons (Fsp3) is 0.938. The summed E-state index contributed by atoms with van der Waals surface area (Å²) in [7, 11) is 4.15. The highest BCUT2D eigenvalue weighted by Crippen LogP contribution is 2.16. The van der Waals surface area contributed by atoms with Gasteiger partial charge < -0.3 is 14.5 Å². The second-order valence-electron chi connectivity index (χ2n) is 7.00. The summed E-state index contributed by atoms with van der Waals surface area (Å²) >= 11 is 0. The van der Waals surface area contributed by atoms with Crippen molar-refractivity contribution in [1.29, 1.82) is 0 Å². The molecule has 2 aliphatic heterocycles. The normalized spacial score (nSPS) is 26.1. The van der Waals surface area contributed by atoms with Crippen molar-refractivity contribution in [1.82, 2.24) is 14.7 Å². The lowest BCUT2D eigenvalue weighted by Gasteiger charge is -2.32. The molecule has 122 valence electrons. The van der Waals surface area contributed by atoms with Gasteiger partial charge in [0.1, 0.15) is 0 Å². The molecule has 0 bridgehead atoms. The Balaban J connectivity index is 1.82. The molecule has 0 aliphatic carbocycles. The smallest absolute Gasteiger partial charge is 0.236 e. The first-order valence-electron chi connectivity index (χ1n) is 8.27. The maximum Gasteiger partial charge on any atom is 0.236 e. The molecule has 0 N–H and O–H groups in total. The molecule has 0 radical (unpaired) electrons. The monoisotopic (exact) mass is 297 g/mol. The van der Waals surface area contributed by atoms with Crippen LogP contribution in [0.25, 0.3) is 0 Å². The average molecular weight is 297 g/mol. The standard InChI is InChI=1S/C16H31N3O2/c1-14-4-6-18(7-5-14)12-16(20)19-8-9-21-13-15(11-19)10-17(2)3/h14-15H,4-13H2,1-3H3/t15-/m1/s1. The first kappa shape index (κ1) is 16.7. The van der Waals surface area contributed by atoms with Gasteiger partial charge in [-0.3, -0.25) is 9.69 Å². The molecule has 21 heavy (non-hydrogen) atoms. The lowest BCUT2D eigenvalue weighted by atomic mass is 9.99. The molecular formula is C16H31N3O2. The molecule has 1 amide bonds. The van der Waals surface area contributed by atoms with Crippen molar-refractivity contribution in [2.45, 2.75) is 19.8 Å². The van der Waals surface area contributed by atoms with E-state index in [2.05, 4.69) is 30.8 Å². The van der Waals surface area contributed by atoms with Gasteiger partial charge in [0.05, 0.1) is 19.8 Å². The molecule has 2 aliphatic rings. The van der Waals surface area contributed by atoms with E-state index in [1.54, 1.807) is 0 Å². The predicted octanol–water partition coefficient (Wildman–Crippen LogP) is 0.755. The lowest BCUT2D eigenvalue weighted by molar-refractivity contribution is -0.133. The summed E-state index contributed by atoms with van der Waals surface area (Å²) in [6.07, 6.45) is 2.44. The van der Waals surface area contributed by atoms with Gasteiger partial charge in [0.2, 0.25) is 5.91 Å². The second kappa shape index (κ2) is 8.11. The largest absolute Gasteiger partial charge is 0.379 e. The fourth-order valence-electron chi connectivity index (χ4n) is 3.25. The molecule has 5 nitrogen and oxygen atoms in total. The van der Waals surface area contributed by atoms with Gasteiger partial charge in [0, 0.05) is 25.6 Å². The number of amides is 1. The molecule has 5 heteroatoms. The molecule has 2 fully saturated rings. The van der Waals surface area contributed by atoms with E-state index in [1.165, 1.54) is 12.8 Å². The number of ether oxygens (including phenoxy) is 1. The van der Waals surface area contributed by atoms with Gasteiger partial charge in [-0.15, -0.1) is 0 Å².